The number of nitrogens with zero attached hydrogens (tertiary/aromatic N) is 4. The first-order chi connectivity index (χ1) is 13.2. The summed E-state index contributed by atoms with van der Waals surface area (Å²) in [4.78, 5) is 6.97. The summed E-state index contributed by atoms with van der Waals surface area (Å²) in [7, 11) is 1.99. The molecule has 0 radical (unpaired) electrons. The van der Waals surface area contributed by atoms with E-state index in [9.17, 15) is 0 Å². The van der Waals surface area contributed by atoms with Gasteiger partial charge in [-0.15, -0.1) is 0 Å². The number of pyridine rings is 1. The lowest BCUT2D eigenvalue weighted by atomic mass is 9.73. The van der Waals surface area contributed by atoms with E-state index >= 15 is 0 Å². The predicted octanol–water partition coefficient (Wildman–Crippen LogP) is 3.88. The highest BCUT2D eigenvalue weighted by molar-refractivity contribution is 5.47. The molecule has 2 aromatic heterocycles. The van der Waals surface area contributed by atoms with E-state index in [-0.39, 0.29) is 0 Å². The van der Waals surface area contributed by atoms with E-state index in [4.69, 9.17) is 0 Å². The SMILES string of the molecule is Cn1cc(CN2CCC3(CC2)CC(c2cccnc2)c2ccccc23)cn1. The minimum atomic E-state index is 0.322. The summed E-state index contributed by atoms with van der Waals surface area (Å²) in [6, 6.07) is 13.4. The Kier molecular flexibility index (Phi) is 4.09. The molecule has 0 saturated carbocycles. The Labute approximate surface area is 160 Å². The second kappa shape index (κ2) is 6.61. The quantitative estimate of drug-likeness (QED) is 0.712. The summed E-state index contributed by atoms with van der Waals surface area (Å²) in [5.41, 5.74) is 6.10. The van der Waals surface area contributed by atoms with Crippen LogP contribution in [0, 0.1) is 0 Å². The van der Waals surface area contributed by atoms with Crippen LogP contribution in [0.2, 0.25) is 0 Å². The zero-order chi connectivity index (χ0) is 18.3. The third-order valence-electron chi connectivity index (χ3n) is 6.57. The number of hydrogen-bond donors (Lipinski definition) is 0. The molecule has 1 spiro atoms. The summed E-state index contributed by atoms with van der Waals surface area (Å²) < 4.78 is 1.90. The predicted molar refractivity (Wildman–Crippen MR) is 107 cm³/mol. The second-order valence-corrected chi connectivity index (χ2v) is 8.21. The van der Waals surface area contributed by atoms with Crippen LogP contribution in [-0.4, -0.2) is 32.8 Å². The summed E-state index contributed by atoms with van der Waals surface area (Å²) in [6.07, 6.45) is 11.7. The van der Waals surface area contributed by atoms with Crippen LogP contribution in [0.1, 0.15) is 47.4 Å². The zero-order valence-electron chi connectivity index (χ0n) is 15.9. The number of benzene rings is 1. The van der Waals surface area contributed by atoms with E-state index in [1.165, 1.54) is 36.0 Å². The van der Waals surface area contributed by atoms with Crippen LogP contribution in [0.15, 0.2) is 61.2 Å². The third kappa shape index (κ3) is 2.98. The van der Waals surface area contributed by atoms with Crippen molar-refractivity contribution < 1.29 is 0 Å². The van der Waals surface area contributed by atoms with Gasteiger partial charge in [0.15, 0.2) is 0 Å². The van der Waals surface area contributed by atoms with Crippen molar-refractivity contribution in [1.29, 1.82) is 0 Å². The molecule has 5 rings (SSSR count). The van der Waals surface area contributed by atoms with E-state index in [1.54, 1.807) is 5.56 Å². The molecule has 0 N–H and O–H groups in total. The molecule has 1 aromatic carbocycles. The molecule has 1 unspecified atom stereocenters. The molecule has 1 fully saturated rings. The van der Waals surface area contributed by atoms with Gasteiger partial charge in [0, 0.05) is 43.7 Å². The van der Waals surface area contributed by atoms with E-state index in [0.29, 0.717) is 11.3 Å². The Morgan fingerprint density at radius 3 is 2.67 bits per heavy atom. The molecule has 1 atom stereocenters. The van der Waals surface area contributed by atoms with Crippen molar-refractivity contribution in [2.24, 2.45) is 7.05 Å². The molecule has 1 saturated heterocycles. The van der Waals surface area contributed by atoms with Crippen LogP contribution in [0.25, 0.3) is 0 Å². The van der Waals surface area contributed by atoms with E-state index in [1.807, 2.05) is 24.1 Å². The van der Waals surface area contributed by atoms with Gasteiger partial charge in [-0.3, -0.25) is 14.6 Å². The number of hydrogen-bond acceptors (Lipinski definition) is 3. The summed E-state index contributed by atoms with van der Waals surface area (Å²) in [6.45, 7) is 3.32. The minimum Gasteiger partial charge on any atom is -0.299 e. The van der Waals surface area contributed by atoms with E-state index < -0.39 is 0 Å². The Bertz CT molecular complexity index is 922. The molecule has 2 aliphatic rings. The van der Waals surface area contributed by atoms with Gasteiger partial charge in [0.25, 0.3) is 0 Å². The number of aromatic nitrogens is 3. The van der Waals surface area contributed by atoms with Gasteiger partial charge < -0.3 is 0 Å². The maximum atomic E-state index is 4.38. The molecule has 138 valence electrons. The van der Waals surface area contributed by atoms with Crippen molar-refractivity contribution in [3.8, 4) is 0 Å². The smallest absolute Gasteiger partial charge is 0.0534 e. The van der Waals surface area contributed by atoms with Crippen LogP contribution >= 0.6 is 0 Å². The largest absolute Gasteiger partial charge is 0.299 e. The molecule has 0 amide bonds. The van der Waals surface area contributed by atoms with Crippen molar-refractivity contribution in [1.82, 2.24) is 19.7 Å². The standard InChI is InChI=1S/C23H26N4/c1-26-16-18(14-25-26)17-27-11-8-23(9-12-27)13-21(19-5-4-10-24-15-19)20-6-2-3-7-22(20)23/h2-7,10,14-16,21H,8-9,11-13,17H2,1H3. The lowest BCUT2D eigenvalue weighted by molar-refractivity contribution is 0.150. The van der Waals surface area contributed by atoms with Crippen molar-refractivity contribution in [2.45, 2.75) is 37.1 Å². The number of likely N-dealkylation sites (tertiary alicyclic amines) is 1. The molecular formula is C23H26N4. The van der Waals surface area contributed by atoms with Crippen LogP contribution < -0.4 is 0 Å². The number of rotatable bonds is 3. The molecule has 27 heavy (non-hydrogen) atoms. The van der Waals surface area contributed by atoms with Gasteiger partial charge in [0.2, 0.25) is 0 Å². The molecule has 4 heteroatoms. The third-order valence-corrected chi connectivity index (χ3v) is 6.57. The van der Waals surface area contributed by atoms with E-state index in [0.717, 1.165) is 19.6 Å². The first-order valence-electron chi connectivity index (χ1n) is 9.93. The highest BCUT2D eigenvalue weighted by Crippen LogP contribution is 2.53. The fourth-order valence-electron chi connectivity index (χ4n) is 5.20. The van der Waals surface area contributed by atoms with Crippen molar-refractivity contribution >= 4 is 0 Å². The maximum Gasteiger partial charge on any atom is 0.0534 e. The molecule has 4 nitrogen and oxygen atoms in total. The number of aryl methyl sites for hydroxylation is 1. The maximum absolute atomic E-state index is 4.38. The second-order valence-electron chi connectivity index (χ2n) is 8.21. The van der Waals surface area contributed by atoms with Gasteiger partial charge in [-0.1, -0.05) is 30.3 Å². The molecule has 3 heterocycles. The monoisotopic (exact) mass is 358 g/mol. The fraction of sp³-hybridized carbons (Fsp3) is 0.391. The lowest BCUT2D eigenvalue weighted by Crippen LogP contribution is -2.41. The Balaban J connectivity index is 1.38. The minimum absolute atomic E-state index is 0.322. The van der Waals surface area contributed by atoms with Gasteiger partial charge in [0.05, 0.1) is 6.20 Å². The van der Waals surface area contributed by atoms with Crippen LogP contribution in [-0.2, 0) is 19.0 Å². The van der Waals surface area contributed by atoms with Crippen LogP contribution in [0.3, 0.4) is 0 Å². The highest BCUT2D eigenvalue weighted by Gasteiger charge is 2.45. The molecule has 3 aromatic rings. The van der Waals surface area contributed by atoms with Gasteiger partial charge in [-0.25, -0.2) is 0 Å². The number of fused-ring (bicyclic) bond motifs is 2. The lowest BCUT2D eigenvalue weighted by Gasteiger charge is -2.40. The zero-order valence-corrected chi connectivity index (χ0v) is 15.9. The Morgan fingerprint density at radius 2 is 1.93 bits per heavy atom. The average Bonchev–Trinajstić information content (AvgIpc) is 3.26. The molecular weight excluding hydrogens is 332 g/mol. The Morgan fingerprint density at radius 1 is 1.07 bits per heavy atom. The summed E-state index contributed by atoms with van der Waals surface area (Å²) in [5, 5.41) is 4.31. The molecule has 1 aliphatic carbocycles. The van der Waals surface area contributed by atoms with Gasteiger partial charge >= 0.3 is 0 Å². The number of piperidine rings is 1. The first-order valence-corrected chi connectivity index (χ1v) is 9.93. The van der Waals surface area contributed by atoms with Crippen LogP contribution in [0.4, 0.5) is 0 Å². The summed E-state index contributed by atoms with van der Waals surface area (Å²) in [5.74, 6) is 0.486. The van der Waals surface area contributed by atoms with Gasteiger partial charge in [-0.05, 0) is 60.5 Å². The van der Waals surface area contributed by atoms with Crippen molar-refractivity contribution in [3.63, 3.8) is 0 Å². The average molecular weight is 358 g/mol. The highest BCUT2D eigenvalue weighted by atomic mass is 15.2. The molecule has 1 aliphatic heterocycles. The van der Waals surface area contributed by atoms with Crippen molar-refractivity contribution in [3.05, 3.63) is 83.4 Å². The van der Waals surface area contributed by atoms with Gasteiger partial charge in [0.1, 0.15) is 0 Å². The van der Waals surface area contributed by atoms with Gasteiger partial charge in [-0.2, -0.15) is 5.10 Å². The van der Waals surface area contributed by atoms with Crippen molar-refractivity contribution in [2.75, 3.05) is 13.1 Å². The first kappa shape index (κ1) is 16.7. The normalized spacial score (nSPS) is 21.4. The van der Waals surface area contributed by atoms with Crippen LogP contribution in [0.5, 0.6) is 0 Å². The summed E-state index contributed by atoms with van der Waals surface area (Å²) >= 11 is 0. The topological polar surface area (TPSA) is 34.0 Å². The fourth-order valence-corrected chi connectivity index (χ4v) is 5.20. The Hall–Kier alpha value is -2.46. The van der Waals surface area contributed by atoms with E-state index in [2.05, 4.69) is 63.8 Å². The molecule has 0 bridgehead atoms.